The summed E-state index contributed by atoms with van der Waals surface area (Å²) < 4.78 is 19.4. The molecule has 0 aliphatic heterocycles. The Morgan fingerprint density at radius 3 is 2.93 bits per heavy atom. The summed E-state index contributed by atoms with van der Waals surface area (Å²) in [4.78, 5) is 17.1. The van der Waals surface area contributed by atoms with E-state index in [-0.39, 0.29) is 23.8 Å². The van der Waals surface area contributed by atoms with Gasteiger partial charge in [-0.25, -0.2) is 9.37 Å². The van der Waals surface area contributed by atoms with Crippen molar-refractivity contribution in [2.45, 2.75) is 31.3 Å². The second-order valence-electron chi connectivity index (χ2n) is 6.62. The van der Waals surface area contributed by atoms with Crippen molar-refractivity contribution in [1.82, 2.24) is 10.3 Å². The number of amides is 1. The topological polar surface area (TPSA) is 63.2 Å². The van der Waals surface area contributed by atoms with Gasteiger partial charge in [0.1, 0.15) is 11.6 Å². The Balaban J connectivity index is 1.45. The molecule has 1 aromatic heterocycles. The van der Waals surface area contributed by atoms with Gasteiger partial charge in [0.15, 0.2) is 5.13 Å². The normalized spacial score (nSPS) is 19.2. The Morgan fingerprint density at radius 2 is 2.07 bits per heavy atom. The van der Waals surface area contributed by atoms with Crippen LogP contribution >= 0.6 is 11.3 Å². The Kier molecular flexibility index (Phi) is 4.94. The van der Waals surface area contributed by atoms with Crippen LogP contribution in [0.4, 0.5) is 9.52 Å². The minimum absolute atomic E-state index is 0.0208. The number of rotatable bonds is 5. The van der Waals surface area contributed by atoms with Gasteiger partial charge in [-0.3, -0.25) is 4.79 Å². The number of thiazole rings is 1. The minimum atomic E-state index is -0.262. The largest absolute Gasteiger partial charge is 0.497 e. The highest BCUT2D eigenvalue weighted by molar-refractivity contribution is 7.22. The van der Waals surface area contributed by atoms with Gasteiger partial charge < -0.3 is 15.4 Å². The van der Waals surface area contributed by atoms with Gasteiger partial charge in [-0.1, -0.05) is 17.4 Å². The van der Waals surface area contributed by atoms with E-state index in [1.165, 1.54) is 23.5 Å². The summed E-state index contributed by atoms with van der Waals surface area (Å²) >= 11 is 1.43. The van der Waals surface area contributed by atoms with Gasteiger partial charge in [0.05, 0.1) is 17.3 Å². The molecule has 1 fully saturated rings. The molecule has 0 saturated heterocycles. The maximum atomic E-state index is 13.4. The number of hydrogen-bond donors (Lipinski definition) is 2. The highest BCUT2D eigenvalue weighted by atomic mass is 32.1. The Morgan fingerprint density at radius 1 is 1.22 bits per heavy atom. The molecule has 0 unspecified atom stereocenters. The van der Waals surface area contributed by atoms with Crippen LogP contribution in [-0.2, 0) is 0 Å². The van der Waals surface area contributed by atoms with E-state index in [1.54, 1.807) is 31.4 Å². The molecule has 2 N–H and O–H groups in total. The van der Waals surface area contributed by atoms with Gasteiger partial charge in [-0.05, 0) is 55.7 Å². The molecule has 4 rings (SSSR count). The van der Waals surface area contributed by atoms with Crippen LogP contribution in [0.25, 0.3) is 10.2 Å². The van der Waals surface area contributed by atoms with Crippen LogP contribution in [0.2, 0.25) is 0 Å². The molecule has 0 spiro atoms. The Hall–Kier alpha value is -2.67. The van der Waals surface area contributed by atoms with Crippen LogP contribution in [-0.4, -0.2) is 30.1 Å². The maximum absolute atomic E-state index is 13.4. The van der Waals surface area contributed by atoms with E-state index in [4.69, 9.17) is 4.74 Å². The summed E-state index contributed by atoms with van der Waals surface area (Å²) in [7, 11) is 1.58. The number of ether oxygens (including phenoxy) is 1. The number of methoxy groups -OCH3 is 1. The molecule has 1 saturated carbocycles. The molecule has 0 bridgehead atoms. The van der Waals surface area contributed by atoms with E-state index in [2.05, 4.69) is 15.6 Å². The van der Waals surface area contributed by atoms with Crippen LogP contribution in [0, 0.1) is 5.82 Å². The number of aromatic nitrogens is 1. The smallest absolute Gasteiger partial charge is 0.251 e. The number of hydrogen-bond acceptors (Lipinski definition) is 5. The molecule has 1 aliphatic carbocycles. The number of halogens is 1. The molecule has 1 aliphatic rings. The molecular weight excluding hydrogens is 365 g/mol. The zero-order chi connectivity index (χ0) is 18.8. The van der Waals surface area contributed by atoms with Crippen molar-refractivity contribution in [2.24, 2.45) is 0 Å². The molecule has 1 heterocycles. The summed E-state index contributed by atoms with van der Waals surface area (Å²) in [6.07, 6.45) is 2.89. The lowest BCUT2D eigenvalue weighted by Gasteiger charge is -2.22. The van der Waals surface area contributed by atoms with Crippen LogP contribution in [0.5, 0.6) is 5.75 Å². The van der Waals surface area contributed by atoms with Crippen molar-refractivity contribution < 1.29 is 13.9 Å². The summed E-state index contributed by atoms with van der Waals surface area (Å²) in [6.45, 7) is 0. The minimum Gasteiger partial charge on any atom is -0.497 e. The van der Waals surface area contributed by atoms with E-state index < -0.39 is 0 Å². The van der Waals surface area contributed by atoms with Crippen molar-refractivity contribution >= 4 is 32.6 Å². The first-order valence-electron chi connectivity index (χ1n) is 8.90. The second-order valence-corrected chi connectivity index (χ2v) is 7.66. The number of carbonyl (C=O) groups excluding carboxylic acids is 1. The molecule has 1 amide bonds. The molecule has 2 atom stereocenters. The number of carbonyl (C=O) groups is 1. The van der Waals surface area contributed by atoms with Gasteiger partial charge in [0.25, 0.3) is 5.91 Å². The first kappa shape index (κ1) is 17.7. The second kappa shape index (κ2) is 7.52. The first-order chi connectivity index (χ1) is 13.1. The fraction of sp³-hybridized carbons (Fsp3) is 0.300. The first-order valence-corrected chi connectivity index (χ1v) is 9.71. The fourth-order valence-electron chi connectivity index (χ4n) is 3.44. The number of anilines is 1. The van der Waals surface area contributed by atoms with Crippen molar-refractivity contribution in [3.63, 3.8) is 0 Å². The molecule has 27 heavy (non-hydrogen) atoms. The van der Waals surface area contributed by atoms with Crippen LogP contribution in [0.1, 0.15) is 29.6 Å². The van der Waals surface area contributed by atoms with Crippen LogP contribution < -0.4 is 15.4 Å². The zero-order valence-corrected chi connectivity index (χ0v) is 15.7. The maximum Gasteiger partial charge on any atom is 0.251 e. The lowest BCUT2D eigenvalue weighted by molar-refractivity contribution is 0.0935. The molecular formula is C20H20FN3O2S. The molecule has 7 heteroatoms. The Labute approximate surface area is 160 Å². The lowest BCUT2D eigenvalue weighted by Crippen LogP contribution is -2.43. The van der Waals surface area contributed by atoms with Crippen molar-refractivity contribution in [2.75, 3.05) is 12.4 Å². The number of fused-ring (bicyclic) bond motifs is 1. The number of nitrogens with one attached hydrogen (secondary N) is 2. The van der Waals surface area contributed by atoms with Gasteiger partial charge in [-0.15, -0.1) is 0 Å². The number of benzene rings is 2. The highest BCUT2D eigenvalue weighted by Gasteiger charge is 2.29. The van der Waals surface area contributed by atoms with E-state index in [9.17, 15) is 9.18 Å². The van der Waals surface area contributed by atoms with Gasteiger partial charge in [-0.2, -0.15) is 0 Å². The monoisotopic (exact) mass is 385 g/mol. The third-order valence-corrected chi connectivity index (χ3v) is 5.77. The average molecular weight is 385 g/mol. The summed E-state index contributed by atoms with van der Waals surface area (Å²) in [6, 6.07) is 11.8. The molecule has 3 aromatic rings. The van der Waals surface area contributed by atoms with E-state index in [1.807, 2.05) is 6.07 Å². The third-order valence-electron chi connectivity index (χ3n) is 4.82. The van der Waals surface area contributed by atoms with Crippen LogP contribution in [0.3, 0.4) is 0 Å². The quantitative estimate of drug-likeness (QED) is 0.691. The highest BCUT2D eigenvalue weighted by Crippen LogP contribution is 2.30. The van der Waals surface area contributed by atoms with Gasteiger partial charge in [0, 0.05) is 17.6 Å². The number of nitrogens with zero attached hydrogens (tertiary/aromatic N) is 1. The summed E-state index contributed by atoms with van der Waals surface area (Å²) in [5, 5.41) is 7.30. The molecule has 5 nitrogen and oxygen atoms in total. The van der Waals surface area contributed by atoms with Crippen molar-refractivity contribution in [3.05, 3.63) is 53.8 Å². The predicted molar refractivity (Wildman–Crippen MR) is 105 cm³/mol. The SMILES string of the molecule is COc1cccc(C(=O)N[C@@H]2CCC[C@H]2Nc2nc3ccc(F)cc3s2)c1. The zero-order valence-electron chi connectivity index (χ0n) is 14.9. The van der Waals surface area contributed by atoms with E-state index >= 15 is 0 Å². The standard InChI is InChI=1S/C20H20FN3O2S/c1-26-14-5-2-4-12(10-14)19(25)22-15-6-3-7-16(15)23-20-24-17-9-8-13(21)11-18(17)27-20/h2,4-5,8-11,15-16H,3,6-7H2,1H3,(H,22,25)(H,23,24)/t15-,16-/m1/s1. The van der Waals surface area contributed by atoms with E-state index in [0.29, 0.717) is 11.3 Å². The summed E-state index contributed by atoms with van der Waals surface area (Å²) in [5.41, 5.74) is 1.36. The molecule has 140 valence electrons. The van der Waals surface area contributed by atoms with Gasteiger partial charge >= 0.3 is 0 Å². The van der Waals surface area contributed by atoms with Crippen LogP contribution in [0.15, 0.2) is 42.5 Å². The Bertz CT molecular complexity index is 975. The lowest BCUT2D eigenvalue weighted by atomic mass is 10.1. The fourth-order valence-corrected chi connectivity index (χ4v) is 4.39. The van der Waals surface area contributed by atoms with Crippen molar-refractivity contribution in [3.8, 4) is 5.75 Å². The molecule has 0 radical (unpaired) electrons. The summed E-state index contributed by atoms with van der Waals surface area (Å²) in [5.74, 6) is 0.284. The molecule has 2 aromatic carbocycles. The average Bonchev–Trinajstić information content (AvgIpc) is 3.28. The van der Waals surface area contributed by atoms with Gasteiger partial charge in [0.2, 0.25) is 0 Å². The van der Waals surface area contributed by atoms with Crippen molar-refractivity contribution in [1.29, 1.82) is 0 Å². The van der Waals surface area contributed by atoms with E-state index in [0.717, 1.165) is 34.6 Å². The predicted octanol–water partition coefficient (Wildman–Crippen LogP) is 4.21. The third kappa shape index (κ3) is 3.88.